The molecule has 0 aliphatic carbocycles. The van der Waals surface area contributed by atoms with E-state index in [2.05, 4.69) is 17.4 Å². The Hall–Kier alpha value is -2.82. The highest BCUT2D eigenvalue weighted by Gasteiger charge is 2.20. The maximum atomic E-state index is 12.5. The summed E-state index contributed by atoms with van der Waals surface area (Å²) in [6.45, 7) is 3.80. The van der Waals surface area contributed by atoms with Crippen LogP contribution in [0.5, 0.6) is 0 Å². The second-order valence-corrected chi connectivity index (χ2v) is 6.44. The zero-order chi connectivity index (χ0) is 18.4. The molecule has 1 heterocycles. The minimum Gasteiger partial charge on any atom is -0.462 e. The molecule has 1 aliphatic rings. The number of benzene rings is 2. The minimum absolute atomic E-state index is 0.127. The van der Waals surface area contributed by atoms with Crippen molar-refractivity contribution in [1.29, 1.82) is 0 Å². The van der Waals surface area contributed by atoms with Gasteiger partial charge in [-0.3, -0.25) is 0 Å². The number of carbonyl (C=O) groups excluding carboxylic acids is 2. The van der Waals surface area contributed by atoms with E-state index in [1.165, 1.54) is 11.1 Å². The fourth-order valence-electron chi connectivity index (χ4n) is 2.95. The van der Waals surface area contributed by atoms with E-state index in [4.69, 9.17) is 4.74 Å². The predicted octanol–water partition coefficient (Wildman–Crippen LogP) is 4.23. The number of amides is 2. The number of nitrogens with zero attached hydrogens (tertiary/aromatic N) is 1. The van der Waals surface area contributed by atoms with Gasteiger partial charge in [0.15, 0.2) is 0 Å². The molecule has 3 rings (SSSR count). The molecule has 26 heavy (non-hydrogen) atoms. The third kappa shape index (κ3) is 4.42. The standard InChI is InChI=1S/C21H24N2O3/c1-2-3-14-26-20(24)17-8-10-19(11-9-17)22-21(25)23-13-12-16-6-4-5-7-18(16)15-23/h4-11H,2-3,12-15H2,1H3,(H,22,25). The average molecular weight is 352 g/mol. The van der Waals surface area contributed by atoms with Crippen LogP contribution in [-0.2, 0) is 17.7 Å². The number of anilines is 1. The molecule has 1 N–H and O–H groups in total. The number of ether oxygens (including phenoxy) is 1. The van der Waals surface area contributed by atoms with Crippen LogP contribution in [0.15, 0.2) is 48.5 Å². The van der Waals surface area contributed by atoms with Crippen molar-refractivity contribution in [2.45, 2.75) is 32.7 Å². The van der Waals surface area contributed by atoms with E-state index in [1.54, 1.807) is 29.2 Å². The molecule has 0 spiro atoms. The number of rotatable bonds is 5. The summed E-state index contributed by atoms with van der Waals surface area (Å²) in [5.41, 5.74) is 3.66. The molecule has 0 bridgehead atoms. The summed E-state index contributed by atoms with van der Waals surface area (Å²) in [5, 5.41) is 2.90. The van der Waals surface area contributed by atoms with Crippen molar-refractivity contribution >= 4 is 17.7 Å². The van der Waals surface area contributed by atoms with Gasteiger partial charge < -0.3 is 15.0 Å². The molecule has 0 atom stereocenters. The lowest BCUT2D eigenvalue weighted by Gasteiger charge is -2.29. The Kier molecular flexibility index (Phi) is 5.89. The van der Waals surface area contributed by atoms with Gasteiger partial charge in [-0.2, -0.15) is 0 Å². The van der Waals surface area contributed by atoms with Crippen molar-refractivity contribution in [3.8, 4) is 0 Å². The Morgan fingerprint density at radius 1 is 1.08 bits per heavy atom. The number of carbonyl (C=O) groups is 2. The molecule has 2 amide bonds. The van der Waals surface area contributed by atoms with E-state index < -0.39 is 0 Å². The Balaban J connectivity index is 1.56. The number of fused-ring (bicyclic) bond motifs is 1. The molecule has 5 heteroatoms. The Labute approximate surface area is 154 Å². The Morgan fingerprint density at radius 3 is 2.54 bits per heavy atom. The van der Waals surface area contributed by atoms with Gasteiger partial charge in [0.1, 0.15) is 0 Å². The SMILES string of the molecule is CCCCOC(=O)c1ccc(NC(=O)N2CCc3ccccc3C2)cc1. The van der Waals surface area contributed by atoms with Crippen molar-refractivity contribution < 1.29 is 14.3 Å². The van der Waals surface area contributed by atoms with Crippen LogP contribution in [0.1, 0.15) is 41.3 Å². The van der Waals surface area contributed by atoms with Crippen molar-refractivity contribution in [2.24, 2.45) is 0 Å². The third-order valence-electron chi connectivity index (χ3n) is 4.52. The molecule has 5 nitrogen and oxygen atoms in total. The summed E-state index contributed by atoms with van der Waals surface area (Å²) < 4.78 is 5.18. The van der Waals surface area contributed by atoms with Crippen molar-refractivity contribution in [1.82, 2.24) is 4.90 Å². The lowest BCUT2D eigenvalue weighted by molar-refractivity contribution is 0.0500. The highest BCUT2D eigenvalue weighted by Crippen LogP contribution is 2.19. The van der Waals surface area contributed by atoms with E-state index in [1.807, 2.05) is 19.1 Å². The van der Waals surface area contributed by atoms with Crippen LogP contribution in [-0.4, -0.2) is 30.1 Å². The second-order valence-electron chi connectivity index (χ2n) is 6.44. The molecule has 0 aromatic heterocycles. The van der Waals surface area contributed by atoms with Crippen LogP contribution < -0.4 is 5.32 Å². The number of hydrogen-bond donors (Lipinski definition) is 1. The van der Waals surface area contributed by atoms with Crippen molar-refractivity contribution in [2.75, 3.05) is 18.5 Å². The summed E-state index contributed by atoms with van der Waals surface area (Å²) in [7, 11) is 0. The third-order valence-corrected chi connectivity index (χ3v) is 4.52. The monoisotopic (exact) mass is 352 g/mol. The van der Waals surface area contributed by atoms with Gasteiger partial charge >= 0.3 is 12.0 Å². The van der Waals surface area contributed by atoms with Crippen LogP contribution in [0.4, 0.5) is 10.5 Å². The van der Waals surface area contributed by atoms with Crippen LogP contribution in [0.2, 0.25) is 0 Å². The summed E-state index contributed by atoms with van der Waals surface area (Å²) in [6, 6.07) is 14.9. The second kappa shape index (κ2) is 8.52. The molecule has 0 fully saturated rings. The molecule has 2 aromatic rings. The van der Waals surface area contributed by atoms with E-state index >= 15 is 0 Å². The van der Waals surface area contributed by atoms with Gasteiger partial charge in [0, 0.05) is 18.8 Å². The molecule has 1 aliphatic heterocycles. The summed E-state index contributed by atoms with van der Waals surface area (Å²) in [4.78, 5) is 26.2. The molecule has 0 saturated heterocycles. The average Bonchev–Trinajstić information content (AvgIpc) is 2.68. The van der Waals surface area contributed by atoms with E-state index in [0.29, 0.717) is 30.9 Å². The lowest BCUT2D eigenvalue weighted by Crippen LogP contribution is -2.38. The van der Waals surface area contributed by atoms with Gasteiger partial charge in [0.2, 0.25) is 0 Å². The Morgan fingerprint density at radius 2 is 1.81 bits per heavy atom. The first-order valence-electron chi connectivity index (χ1n) is 9.07. The van der Waals surface area contributed by atoms with Gasteiger partial charge in [-0.1, -0.05) is 37.6 Å². The summed E-state index contributed by atoms with van der Waals surface area (Å²) in [5.74, 6) is -0.330. The maximum Gasteiger partial charge on any atom is 0.338 e. The van der Waals surface area contributed by atoms with Crippen LogP contribution in [0, 0.1) is 0 Å². The fourth-order valence-corrected chi connectivity index (χ4v) is 2.95. The van der Waals surface area contributed by atoms with Crippen molar-refractivity contribution in [3.05, 3.63) is 65.2 Å². The fraction of sp³-hybridized carbons (Fsp3) is 0.333. The molecule has 2 aromatic carbocycles. The topological polar surface area (TPSA) is 58.6 Å². The molecule has 136 valence electrons. The number of esters is 1. The van der Waals surface area contributed by atoms with E-state index in [9.17, 15) is 9.59 Å². The van der Waals surface area contributed by atoms with Gasteiger partial charge in [0.05, 0.1) is 12.2 Å². The summed E-state index contributed by atoms with van der Waals surface area (Å²) in [6.07, 6.45) is 2.71. The Bertz CT molecular complexity index is 771. The number of nitrogens with one attached hydrogen (secondary N) is 1. The molecule has 0 unspecified atom stereocenters. The normalized spacial score (nSPS) is 13.0. The zero-order valence-corrected chi connectivity index (χ0v) is 15.0. The lowest BCUT2D eigenvalue weighted by atomic mass is 10.0. The summed E-state index contributed by atoms with van der Waals surface area (Å²) >= 11 is 0. The highest BCUT2D eigenvalue weighted by molar-refractivity contribution is 5.92. The van der Waals surface area contributed by atoms with Crippen LogP contribution >= 0.6 is 0 Å². The molecular formula is C21H24N2O3. The molecular weight excluding hydrogens is 328 g/mol. The minimum atomic E-state index is -0.330. The first kappa shape index (κ1) is 18.0. The first-order valence-corrected chi connectivity index (χ1v) is 9.07. The van der Waals surface area contributed by atoms with Gasteiger partial charge in [0.25, 0.3) is 0 Å². The first-order chi connectivity index (χ1) is 12.7. The smallest absolute Gasteiger partial charge is 0.338 e. The largest absolute Gasteiger partial charge is 0.462 e. The quantitative estimate of drug-likeness (QED) is 0.647. The number of hydrogen-bond acceptors (Lipinski definition) is 3. The van der Waals surface area contributed by atoms with E-state index in [0.717, 1.165) is 19.3 Å². The predicted molar refractivity (Wildman–Crippen MR) is 101 cm³/mol. The van der Waals surface area contributed by atoms with Gasteiger partial charge in [-0.15, -0.1) is 0 Å². The highest BCUT2D eigenvalue weighted by atomic mass is 16.5. The van der Waals surface area contributed by atoms with Crippen molar-refractivity contribution in [3.63, 3.8) is 0 Å². The molecule has 0 saturated carbocycles. The number of urea groups is 1. The van der Waals surface area contributed by atoms with Gasteiger partial charge in [-0.25, -0.2) is 9.59 Å². The van der Waals surface area contributed by atoms with Gasteiger partial charge in [-0.05, 0) is 48.2 Å². The maximum absolute atomic E-state index is 12.5. The molecule has 0 radical (unpaired) electrons. The zero-order valence-electron chi connectivity index (χ0n) is 15.0. The van der Waals surface area contributed by atoms with E-state index in [-0.39, 0.29) is 12.0 Å². The van der Waals surface area contributed by atoms with Crippen LogP contribution in [0.25, 0.3) is 0 Å². The van der Waals surface area contributed by atoms with Crippen LogP contribution in [0.3, 0.4) is 0 Å². The number of unbranched alkanes of at least 4 members (excludes halogenated alkanes) is 1.